The third-order valence-corrected chi connectivity index (χ3v) is 3.20. The Morgan fingerprint density at radius 1 is 1.14 bits per heavy atom. The van der Waals surface area contributed by atoms with Crippen molar-refractivity contribution < 1.29 is 4.79 Å². The van der Waals surface area contributed by atoms with E-state index in [1.165, 1.54) is 17.2 Å². The maximum atomic E-state index is 11.9. The lowest BCUT2D eigenvalue weighted by Crippen LogP contribution is -2.34. The Balaban J connectivity index is 2.14. The maximum Gasteiger partial charge on any atom is 0.327 e. The molecule has 0 saturated heterocycles. The highest BCUT2D eigenvalue weighted by molar-refractivity contribution is 6.33. The second-order valence-electron chi connectivity index (χ2n) is 4.29. The Morgan fingerprint density at radius 3 is 2.59 bits per heavy atom. The Morgan fingerprint density at radius 2 is 1.91 bits per heavy atom. The molecule has 0 spiro atoms. The van der Waals surface area contributed by atoms with Crippen molar-refractivity contribution in [3.8, 4) is 5.69 Å². The Bertz CT molecular complexity index is 804. The van der Waals surface area contributed by atoms with Crippen molar-refractivity contribution in [2.75, 3.05) is 4.90 Å². The molecule has 7 nitrogen and oxygen atoms in total. The number of pyridine rings is 1. The molecule has 3 aromatic rings. The fourth-order valence-corrected chi connectivity index (χ4v) is 2.18. The van der Waals surface area contributed by atoms with Gasteiger partial charge in [0.1, 0.15) is 6.33 Å². The first kappa shape index (κ1) is 14.0. The second-order valence-corrected chi connectivity index (χ2v) is 4.70. The van der Waals surface area contributed by atoms with Gasteiger partial charge in [-0.05, 0) is 24.3 Å². The molecule has 0 aliphatic rings. The zero-order chi connectivity index (χ0) is 15.5. The molecule has 0 fully saturated rings. The number of primary amides is 1. The lowest BCUT2D eigenvalue weighted by atomic mass is 10.3. The van der Waals surface area contributed by atoms with Gasteiger partial charge in [0, 0.05) is 6.20 Å². The van der Waals surface area contributed by atoms with Crippen LogP contribution in [0.5, 0.6) is 0 Å². The van der Waals surface area contributed by atoms with E-state index in [1.807, 2.05) is 30.3 Å². The molecule has 110 valence electrons. The van der Waals surface area contributed by atoms with Crippen LogP contribution in [-0.4, -0.2) is 25.8 Å². The lowest BCUT2D eigenvalue weighted by Gasteiger charge is -2.19. The molecule has 22 heavy (non-hydrogen) atoms. The molecule has 2 heterocycles. The normalized spacial score (nSPS) is 10.4. The first-order valence-electron chi connectivity index (χ1n) is 6.34. The summed E-state index contributed by atoms with van der Waals surface area (Å²) in [6, 6.07) is 11.8. The third-order valence-electron chi connectivity index (χ3n) is 2.90. The highest BCUT2D eigenvalue weighted by atomic mass is 35.5. The minimum Gasteiger partial charge on any atom is -0.351 e. The monoisotopic (exact) mass is 314 g/mol. The quantitative estimate of drug-likeness (QED) is 0.804. The van der Waals surface area contributed by atoms with Gasteiger partial charge in [-0.1, -0.05) is 29.8 Å². The fraction of sp³-hybridized carbons (Fsp3) is 0. The number of benzene rings is 1. The molecule has 0 radical (unpaired) electrons. The van der Waals surface area contributed by atoms with Crippen LogP contribution in [0.2, 0.25) is 5.02 Å². The fourth-order valence-electron chi connectivity index (χ4n) is 1.98. The standard InChI is InChI=1S/C14H11ClN6O/c15-11-7-4-8-17-12(11)20(13(16)22)14-18-9-19-21(14)10-5-2-1-3-6-10/h1-9H,(H2,16,22). The van der Waals surface area contributed by atoms with Gasteiger partial charge >= 0.3 is 6.03 Å². The van der Waals surface area contributed by atoms with Crippen LogP contribution in [0.3, 0.4) is 0 Å². The minimum absolute atomic E-state index is 0.196. The predicted molar refractivity (Wildman–Crippen MR) is 82.3 cm³/mol. The number of amides is 2. The van der Waals surface area contributed by atoms with Crippen LogP contribution in [0.1, 0.15) is 0 Å². The Labute approximate surface area is 131 Å². The molecule has 0 atom stereocenters. The SMILES string of the molecule is NC(=O)N(c1ncccc1Cl)c1ncnn1-c1ccccc1. The number of nitrogens with two attached hydrogens (primary N) is 1. The molecular formula is C14H11ClN6O. The van der Waals surface area contributed by atoms with Gasteiger partial charge in [-0.15, -0.1) is 0 Å². The van der Waals surface area contributed by atoms with Crippen molar-refractivity contribution in [1.82, 2.24) is 19.7 Å². The van der Waals surface area contributed by atoms with Crippen LogP contribution in [0.4, 0.5) is 16.6 Å². The number of hydrogen-bond acceptors (Lipinski definition) is 4. The topological polar surface area (TPSA) is 89.9 Å². The molecule has 2 N–H and O–H groups in total. The largest absolute Gasteiger partial charge is 0.351 e. The zero-order valence-electron chi connectivity index (χ0n) is 11.3. The summed E-state index contributed by atoms with van der Waals surface area (Å²) in [5.74, 6) is 0.404. The zero-order valence-corrected chi connectivity index (χ0v) is 12.1. The van der Waals surface area contributed by atoms with Gasteiger partial charge < -0.3 is 5.73 Å². The summed E-state index contributed by atoms with van der Waals surface area (Å²) >= 11 is 6.11. The second kappa shape index (κ2) is 5.82. The van der Waals surface area contributed by atoms with E-state index in [-0.39, 0.29) is 16.8 Å². The van der Waals surface area contributed by atoms with E-state index < -0.39 is 6.03 Å². The van der Waals surface area contributed by atoms with Crippen molar-refractivity contribution >= 4 is 29.4 Å². The summed E-state index contributed by atoms with van der Waals surface area (Å²) in [6.07, 6.45) is 2.84. The number of para-hydroxylation sites is 1. The molecule has 2 amide bonds. The van der Waals surface area contributed by atoms with Gasteiger partial charge in [-0.3, -0.25) is 0 Å². The number of rotatable bonds is 3. The van der Waals surface area contributed by atoms with Gasteiger partial charge in [0.15, 0.2) is 5.82 Å². The Kier molecular flexibility index (Phi) is 3.71. The van der Waals surface area contributed by atoms with Crippen LogP contribution in [0.15, 0.2) is 55.0 Å². The number of carbonyl (C=O) groups is 1. The van der Waals surface area contributed by atoms with Crippen molar-refractivity contribution in [2.45, 2.75) is 0 Å². The molecule has 0 unspecified atom stereocenters. The number of carbonyl (C=O) groups excluding carboxylic acids is 1. The third kappa shape index (κ3) is 2.49. The lowest BCUT2D eigenvalue weighted by molar-refractivity contribution is 0.255. The van der Waals surface area contributed by atoms with Gasteiger partial charge in [0.2, 0.25) is 5.95 Å². The van der Waals surface area contributed by atoms with E-state index in [4.69, 9.17) is 17.3 Å². The summed E-state index contributed by atoms with van der Waals surface area (Å²) < 4.78 is 1.48. The highest BCUT2D eigenvalue weighted by Crippen LogP contribution is 2.29. The summed E-state index contributed by atoms with van der Waals surface area (Å²) in [5, 5.41) is 4.41. The van der Waals surface area contributed by atoms with Crippen LogP contribution in [0.25, 0.3) is 5.69 Å². The average Bonchev–Trinajstić information content (AvgIpc) is 2.99. The van der Waals surface area contributed by atoms with Crippen LogP contribution >= 0.6 is 11.6 Å². The highest BCUT2D eigenvalue weighted by Gasteiger charge is 2.24. The number of anilines is 2. The molecule has 0 aliphatic carbocycles. The van der Waals surface area contributed by atoms with Gasteiger partial charge in [-0.25, -0.2) is 14.7 Å². The number of urea groups is 1. The van der Waals surface area contributed by atoms with E-state index in [0.29, 0.717) is 0 Å². The summed E-state index contributed by atoms with van der Waals surface area (Å²) in [7, 11) is 0. The molecule has 0 bridgehead atoms. The van der Waals surface area contributed by atoms with Gasteiger partial charge in [0.05, 0.1) is 10.7 Å². The first-order chi connectivity index (χ1) is 10.7. The molecule has 8 heteroatoms. The summed E-state index contributed by atoms with van der Waals surface area (Å²) in [4.78, 5) is 21.2. The summed E-state index contributed by atoms with van der Waals surface area (Å²) in [5.41, 5.74) is 6.21. The van der Waals surface area contributed by atoms with E-state index >= 15 is 0 Å². The van der Waals surface area contributed by atoms with Crippen LogP contribution in [0, 0.1) is 0 Å². The molecule has 3 rings (SSSR count). The molecular weight excluding hydrogens is 304 g/mol. The van der Waals surface area contributed by atoms with E-state index in [2.05, 4.69) is 15.1 Å². The summed E-state index contributed by atoms with van der Waals surface area (Å²) in [6.45, 7) is 0. The number of hydrogen-bond donors (Lipinski definition) is 1. The molecule has 0 aliphatic heterocycles. The predicted octanol–water partition coefficient (Wildman–Crippen LogP) is 2.53. The molecule has 0 saturated carbocycles. The van der Waals surface area contributed by atoms with E-state index in [9.17, 15) is 4.79 Å². The van der Waals surface area contributed by atoms with E-state index in [1.54, 1.807) is 12.1 Å². The van der Waals surface area contributed by atoms with Crippen LogP contribution < -0.4 is 10.6 Å². The van der Waals surface area contributed by atoms with Gasteiger partial charge in [-0.2, -0.15) is 14.8 Å². The smallest absolute Gasteiger partial charge is 0.327 e. The van der Waals surface area contributed by atoms with Crippen molar-refractivity contribution in [2.24, 2.45) is 5.73 Å². The Hall–Kier alpha value is -2.93. The average molecular weight is 315 g/mol. The van der Waals surface area contributed by atoms with E-state index in [0.717, 1.165) is 10.6 Å². The minimum atomic E-state index is -0.759. The van der Waals surface area contributed by atoms with Crippen molar-refractivity contribution in [3.05, 3.63) is 60.0 Å². The number of halogens is 1. The van der Waals surface area contributed by atoms with Crippen LogP contribution in [-0.2, 0) is 0 Å². The number of aromatic nitrogens is 4. The first-order valence-corrected chi connectivity index (χ1v) is 6.72. The maximum absolute atomic E-state index is 11.9. The number of nitrogens with zero attached hydrogens (tertiary/aromatic N) is 5. The van der Waals surface area contributed by atoms with Crippen molar-refractivity contribution in [1.29, 1.82) is 0 Å². The molecule has 2 aromatic heterocycles. The van der Waals surface area contributed by atoms with Gasteiger partial charge in [0.25, 0.3) is 0 Å². The molecule has 1 aromatic carbocycles. The van der Waals surface area contributed by atoms with Crippen molar-refractivity contribution in [3.63, 3.8) is 0 Å².